The second-order valence-corrected chi connectivity index (χ2v) is 6.52. The number of methoxy groups -OCH3 is 3. The van der Waals surface area contributed by atoms with Gasteiger partial charge in [-0.3, -0.25) is 19.2 Å². The highest BCUT2D eigenvalue weighted by Crippen LogP contribution is 2.49. The van der Waals surface area contributed by atoms with Crippen LogP contribution in [0, 0.1) is 11.8 Å². The van der Waals surface area contributed by atoms with E-state index in [-0.39, 0.29) is 30.3 Å². The second-order valence-electron chi connectivity index (χ2n) is 6.52. The molecule has 1 saturated carbocycles. The summed E-state index contributed by atoms with van der Waals surface area (Å²) in [5, 5.41) is 0. The number of rotatable bonds is 8. The van der Waals surface area contributed by atoms with Crippen molar-refractivity contribution in [1.29, 1.82) is 0 Å². The van der Waals surface area contributed by atoms with Gasteiger partial charge in [0.15, 0.2) is 23.1 Å². The van der Waals surface area contributed by atoms with Crippen molar-refractivity contribution in [2.45, 2.75) is 26.2 Å². The number of esters is 2. The van der Waals surface area contributed by atoms with Crippen molar-refractivity contribution in [3.8, 4) is 17.2 Å². The Balaban J connectivity index is 2.76. The maximum absolute atomic E-state index is 12.7. The van der Waals surface area contributed by atoms with Crippen LogP contribution < -0.4 is 14.2 Å². The van der Waals surface area contributed by atoms with Crippen LogP contribution in [-0.2, 0) is 28.7 Å². The van der Waals surface area contributed by atoms with Gasteiger partial charge < -0.3 is 23.7 Å². The fourth-order valence-corrected chi connectivity index (χ4v) is 3.75. The zero-order valence-electron chi connectivity index (χ0n) is 17.7. The summed E-state index contributed by atoms with van der Waals surface area (Å²) in [5.41, 5.74) is 0.271. The van der Waals surface area contributed by atoms with Gasteiger partial charge in [0.2, 0.25) is 5.75 Å². The molecule has 0 heterocycles. The van der Waals surface area contributed by atoms with Crippen molar-refractivity contribution >= 4 is 23.5 Å². The van der Waals surface area contributed by atoms with Crippen molar-refractivity contribution in [2.75, 3.05) is 34.5 Å². The molecule has 0 saturated heterocycles. The molecule has 164 valence electrons. The Morgan fingerprint density at radius 1 is 0.833 bits per heavy atom. The third-order valence-corrected chi connectivity index (χ3v) is 4.94. The fourth-order valence-electron chi connectivity index (χ4n) is 3.75. The average molecular weight is 422 g/mol. The van der Waals surface area contributed by atoms with Crippen LogP contribution in [0.15, 0.2) is 12.1 Å². The van der Waals surface area contributed by atoms with E-state index in [0.717, 1.165) is 0 Å². The minimum absolute atomic E-state index is 0.0381. The van der Waals surface area contributed by atoms with E-state index in [9.17, 15) is 19.2 Å². The number of hydrogen-bond donors (Lipinski definition) is 0. The molecule has 9 heteroatoms. The molecule has 0 aliphatic heterocycles. The van der Waals surface area contributed by atoms with Crippen LogP contribution in [0.2, 0.25) is 0 Å². The normalized spacial score (nSPS) is 19.2. The zero-order valence-corrected chi connectivity index (χ0v) is 17.7. The lowest BCUT2D eigenvalue weighted by Gasteiger charge is -2.34. The Kier molecular flexibility index (Phi) is 7.79. The molecule has 2 rings (SSSR count). The number of carbonyl (C=O) groups is 4. The van der Waals surface area contributed by atoms with Crippen LogP contribution in [0.3, 0.4) is 0 Å². The number of ether oxygens (including phenoxy) is 5. The molecular weight excluding hydrogens is 396 g/mol. The predicted octanol–water partition coefficient (Wildman–Crippen LogP) is 1.70. The van der Waals surface area contributed by atoms with E-state index in [1.165, 1.54) is 27.4 Å². The molecule has 1 aliphatic carbocycles. The van der Waals surface area contributed by atoms with Crippen molar-refractivity contribution in [3.63, 3.8) is 0 Å². The van der Waals surface area contributed by atoms with Crippen LogP contribution in [0.4, 0.5) is 0 Å². The lowest BCUT2D eigenvalue weighted by atomic mass is 9.67. The Bertz CT molecular complexity index is 794. The highest BCUT2D eigenvalue weighted by molar-refractivity contribution is 6.17. The largest absolute Gasteiger partial charge is 0.493 e. The molecule has 30 heavy (non-hydrogen) atoms. The van der Waals surface area contributed by atoms with Gasteiger partial charge in [-0.1, -0.05) is 6.07 Å². The van der Waals surface area contributed by atoms with Gasteiger partial charge in [-0.2, -0.15) is 0 Å². The van der Waals surface area contributed by atoms with Gasteiger partial charge in [0.1, 0.15) is 11.8 Å². The lowest BCUT2D eigenvalue weighted by Crippen LogP contribution is -2.47. The van der Waals surface area contributed by atoms with Crippen LogP contribution in [-0.4, -0.2) is 58.0 Å². The highest BCUT2D eigenvalue weighted by atomic mass is 16.5. The van der Waals surface area contributed by atoms with Crippen molar-refractivity contribution in [2.24, 2.45) is 11.8 Å². The Morgan fingerprint density at radius 3 is 1.73 bits per heavy atom. The molecule has 9 nitrogen and oxygen atoms in total. The topological polar surface area (TPSA) is 114 Å². The number of Topliss-reactive ketones (excluding diaryl/α,β-unsaturated/α-hetero) is 2. The molecule has 0 unspecified atom stereocenters. The smallest absolute Gasteiger partial charge is 0.317 e. The third-order valence-electron chi connectivity index (χ3n) is 4.94. The summed E-state index contributed by atoms with van der Waals surface area (Å²) in [6.07, 6.45) is -0.556. The van der Waals surface area contributed by atoms with Crippen LogP contribution >= 0.6 is 0 Å². The summed E-state index contributed by atoms with van der Waals surface area (Å²) in [7, 11) is 4.20. The van der Waals surface area contributed by atoms with Crippen molar-refractivity contribution in [3.05, 3.63) is 17.7 Å². The number of hydrogen-bond acceptors (Lipinski definition) is 9. The molecule has 0 N–H and O–H groups in total. The van der Waals surface area contributed by atoms with Gasteiger partial charge in [0.25, 0.3) is 0 Å². The Labute approximate surface area is 174 Å². The molecule has 1 fully saturated rings. The van der Waals surface area contributed by atoms with Crippen LogP contribution in [0.25, 0.3) is 0 Å². The van der Waals surface area contributed by atoms with Gasteiger partial charge in [0.05, 0.1) is 41.0 Å². The SMILES string of the molecule is CCOC(=O)[C@H]1C(=O)CC(=O)[C@H](C(=O)OCC)C1c1ccc(OC)c(OC)c1OC. The summed E-state index contributed by atoms with van der Waals surface area (Å²) in [6, 6.07) is 3.08. The molecule has 0 spiro atoms. The van der Waals surface area contributed by atoms with Crippen LogP contribution in [0.1, 0.15) is 31.7 Å². The summed E-state index contributed by atoms with van der Waals surface area (Å²) in [5.74, 6) is -6.10. The molecule has 0 aromatic heterocycles. The first kappa shape index (κ1) is 23.2. The molecule has 2 atom stereocenters. The summed E-state index contributed by atoms with van der Waals surface area (Å²) >= 11 is 0. The van der Waals surface area contributed by atoms with Gasteiger partial charge in [-0.05, 0) is 19.9 Å². The predicted molar refractivity (Wildman–Crippen MR) is 104 cm³/mol. The maximum atomic E-state index is 12.7. The summed E-state index contributed by atoms with van der Waals surface area (Å²) in [6.45, 7) is 3.28. The standard InChI is InChI=1S/C21H26O9/c1-6-29-20(24)16-12(22)10-13(23)17(21(25)30-7-2)15(16)11-8-9-14(26-3)19(28-5)18(11)27-4/h8-9,15-17H,6-7,10H2,1-5H3/t16-,17-/m0/s1. The zero-order chi connectivity index (χ0) is 22.4. The van der Waals surface area contributed by atoms with Gasteiger partial charge >= 0.3 is 11.9 Å². The van der Waals surface area contributed by atoms with Crippen molar-refractivity contribution in [1.82, 2.24) is 0 Å². The first-order valence-electron chi connectivity index (χ1n) is 9.53. The van der Waals surface area contributed by atoms with Gasteiger partial charge in [-0.25, -0.2) is 0 Å². The molecule has 0 radical (unpaired) electrons. The summed E-state index contributed by atoms with van der Waals surface area (Å²) < 4.78 is 26.3. The monoisotopic (exact) mass is 422 g/mol. The third kappa shape index (κ3) is 4.24. The molecule has 1 aliphatic rings. The number of benzene rings is 1. The number of ketones is 2. The molecule has 1 aromatic rings. The quantitative estimate of drug-likeness (QED) is 0.456. The number of carbonyl (C=O) groups excluding carboxylic acids is 4. The molecular formula is C21H26O9. The van der Waals surface area contributed by atoms with E-state index in [0.29, 0.717) is 5.75 Å². The van der Waals surface area contributed by atoms with E-state index in [4.69, 9.17) is 23.7 Å². The molecule has 0 amide bonds. The van der Waals surface area contributed by atoms with E-state index < -0.39 is 47.7 Å². The first-order valence-corrected chi connectivity index (χ1v) is 9.53. The minimum Gasteiger partial charge on any atom is -0.493 e. The van der Waals surface area contributed by atoms with E-state index in [1.54, 1.807) is 19.9 Å². The summed E-state index contributed by atoms with van der Waals surface area (Å²) in [4.78, 5) is 50.9. The maximum Gasteiger partial charge on any atom is 0.317 e. The Hall–Kier alpha value is -3.10. The van der Waals surface area contributed by atoms with Crippen LogP contribution in [0.5, 0.6) is 17.2 Å². The van der Waals surface area contributed by atoms with E-state index in [1.807, 2.05) is 0 Å². The Morgan fingerprint density at radius 2 is 1.33 bits per heavy atom. The first-order chi connectivity index (χ1) is 14.4. The van der Waals surface area contributed by atoms with E-state index in [2.05, 4.69) is 0 Å². The highest BCUT2D eigenvalue weighted by Gasteiger charge is 2.53. The van der Waals surface area contributed by atoms with Gasteiger partial charge in [0, 0.05) is 11.5 Å². The van der Waals surface area contributed by atoms with Gasteiger partial charge in [-0.15, -0.1) is 0 Å². The van der Waals surface area contributed by atoms with E-state index >= 15 is 0 Å². The fraction of sp³-hybridized carbons (Fsp3) is 0.524. The molecule has 1 aromatic carbocycles. The minimum atomic E-state index is -1.37. The molecule has 0 bridgehead atoms. The van der Waals surface area contributed by atoms with Crippen molar-refractivity contribution < 1.29 is 42.9 Å². The second kappa shape index (κ2) is 10.1. The average Bonchev–Trinajstić information content (AvgIpc) is 2.71. The lowest BCUT2D eigenvalue weighted by molar-refractivity contribution is -0.161.